The fraction of sp³-hybridized carbons (Fsp3) is 0.923. The van der Waals surface area contributed by atoms with Crippen LogP contribution in [0.4, 0.5) is 0 Å². The molecule has 2 N–H and O–H groups in total. The average Bonchev–Trinajstić information content (AvgIpc) is 2.18. The first-order chi connectivity index (χ1) is 7.33. The van der Waals surface area contributed by atoms with Crippen molar-refractivity contribution in [2.45, 2.75) is 53.0 Å². The third-order valence-corrected chi connectivity index (χ3v) is 3.60. The lowest BCUT2D eigenvalue weighted by Gasteiger charge is -2.42. The van der Waals surface area contributed by atoms with Crippen molar-refractivity contribution >= 4 is 18.3 Å². The van der Waals surface area contributed by atoms with Crippen molar-refractivity contribution in [2.24, 2.45) is 17.1 Å². The Morgan fingerprint density at radius 1 is 1.47 bits per heavy atom. The summed E-state index contributed by atoms with van der Waals surface area (Å²) >= 11 is 0. The van der Waals surface area contributed by atoms with Gasteiger partial charge in [-0.15, -0.1) is 12.4 Å². The minimum Gasteiger partial charge on any atom is -0.342 e. The molecule has 0 spiro atoms. The Bertz CT molecular complexity index is 254. The van der Waals surface area contributed by atoms with Gasteiger partial charge in [0.15, 0.2) is 0 Å². The zero-order chi connectivity index (χ0) is 12.3. The molecule has 1 rings (SSSR count). The molecule has 1 fully saturated rings. The number of hydrogen-bond donors (Lipinski definition) is 1. The smallest absolute Gasteiger partial charge is 0.222 e. The summed E-state index contributed by atoms with van der Waals surface area (Å²) in [6.07, 6.45) is 2.60. The predicted molar refractivity (Wildman–Crippen MR) is 74.3 cm³/mol. The Morgan fingerprint density at radius 2 is 2.06 bits per heavy atom. The Kier molecular flexibility index (Phi) is 6.49. The summed E-state index contributed by atoms with van der Waals surface area (Å²) < 4.78 is 0. The van der Waals surface area contributed by atoms with Crippen molar-refractivity contribution in [3.8, 4) is 0 Å². The lowest BCUT2D eigenvalue weighted by molar-refractivity contribution is -0.134. The van der Waals surface area contributed by atoms with E-state index in [1.165, 1.54) is 0 Å². The number of halogens is 1. The number of nitrogens with two attached hydrogens (primary N) is 1. The summed E-state index contributed by atoms with van der Waals surface area (Å²) in [5.74, 6) is 0.901. The van der Waals surface area contributed by atoms with Crippen LogP contribution in [-0.2, 0) is 4.79 Å². The van der Waals surface area contributed by atoms with E-state index in [2.05, 4.69) is 27.7 Å². The van der Waals surface area contributed by atoms with Gasteiger partial charge in [-0.05, 0) is 24.2 Å². The summed E-state index contributed by atoms with van der Waals surface area (Å²) in [6.45, 7) is 10.3. The van der Waals surface area contributed by atoms with Gasteiger partial charge in [0, 0.05) is 25.6 Å². The van der Waals surface area contributed by atoms with Gasteiger partial charge in [0.1, 0.15) is 0 Å². The minimum atomic E-state index is 0. The van der Waals surface area contributed by atoms with E-state index in [-0.39, 0.29) is 23.9 Å². The fourth-order valence-electron chi connectivity index (χ4n) is 2.16. The van der Waals surface area contributed by atoms with Crippen molar-refractivity contribution < 1.29 is 4.79 Å². The van der Waals surface area contributed by atoms with Crippen LogP contribution in [-0.4, -0.2) is 29.9 Å². The number of likely N-dealkylation sites (tertiary alicyclic amines) is 1. The standard InChI is InChI=1S/C13H26N2O.ClH/c1-10(2)5-6-12(16)15-8-7-11(14)13(3,4)9-15;/h10-11H,5-9,14H2,1-4H3;1H. The molecule has 17 heavy (non-hydrogen) atoms. The van der Waals surface area contributed by atoms with Crippen molar-refractivity contribution in [3.05, 3.63) is 0 Å². The Labute approximate surface area is 112 Å². The van der Waals surface area contributed by atoms with Crippen LogP contribution in [0.25, 0.3) is 0 Å². The maximum Gasteiger partial charge on any atom is 0.222 e. The first-order valence-electron chi connectivity index (χ1n) is 6.36. The zero-order valence-electron chi connectivity index (χ0n) is 11.5. The van der Waals surface area contributed by atoms with Crippen molar-refractivity contribution in [2.75, 3.05) is 13.1 Å². The second-order valence-corrected chi connectivity index (χ2v) is 6.13. The number of carbonyl (C=O) groups excluding carboxylic acids is 1. The maximum atomic E-state index is 12.0. The van der Waals surface area contributed by atoms with E-state index in [0.29, 0.717) is 18.2 Å². The summed E-state index contributed by atoms with van der Waals surface area (Å²) in [5.41, 5.74) is 6.12. The molecule has 0 saturated carbocycles. The van der Waals surface area contributed by atoms with E-state index in [1.807, 2.05) is 4.90 Å². The summed E-state index contributed by atoms with van der Waals surface area (Å²) in [6, 6.07) is 0.224. The number of carbonyl (C=O) groups is 1. The van der Waals surface area contributed by atoms with Crippen molar-refractivity contribution in [1.29, 1.82) is 0 Å². The Morgan fingerprint density at radius 3 is 2.53 bits per heavy atom. The zero-order valence-corrected chi connectivity index (χ0v) is 12.3. The molecule has 0 bridgehead atoms. The van der Waals surface area contributed by atoms with Crippen LogP contribution in [0.1, 0.15) is 47.0 Å². The second-order valence-electron chi connectivity index (χ2n) is 6.13. The van der Waals surface area contributed by atoms with Gasteiger partial charge in [-0.25, -0.2) is 0 Å². The predicted octanol–water partition coefficient (Wildman–Crippen LogP) is 2.43. The van der Waals surface area contributed by atoms with Crippen LogP contribution in [0, 0.1) is 11.3 Å². The van der Waals surface area contributed by atoms with E-state index < -0.39 is 0 Å². The first kappa shape index (κ1) is 16.7. The van der Waals surface area contributed by atoms with Crippen LogP contribution in [0.2, 0.25) is 0 Å². The van der Waals surface area contributed by atoms with E-state index in [9.17, 15) is 4.79 Å². The average molecular weight is 263 g/mol. The molecule has 1 saturated heterocycles. The lowest BCUT2D eigenvalue weighted by Crippen LogP contribution is -2.53. The molecule has 0 radical (unpaired) electrons. The molecule has 1 aliphatic rings. The highest BCUT2D eigenvalue weighted by molar-refractivity contribution is 5.85. The third-order valence-electron chi connectivity index (χ3n) is 3.60. The minimum absolute atomic E-state index is 0. The van der Waals surface area contributed by atoms with Gasteiger partial charge in [0.2, 0.25) is 5.91 Å². The van der Waals surface area contributed by atoms with Crippen LogP contribution in [0.3, 0.4) is 0 Å². The quantitative estimate of drug-likeness (QED) is 0.849. The molecule has 102 valence electrons. The van der Waals surface area contributed by atoms with E-state index in [1.54, 1.807) is 0 Å². The monoisotopic (exact) mass is 262 g/mol. The first-order valence-corrected chi connectivity index (χ1v) is 6.36. The van der Waals surface area contributed by atoms with Crippen LogP contribution < -0.4 is 5.73 Å². The molecule has 0 aromatic heterocycles. The van der Waals surface area contributed by atoms with E-state index in [4.69, 9.17) is 5.73 Å². The molecule has 1 atom stereocenters. The van der Waals surface area contributed by atoms with Gasteiger partial charge in [0.25, 0.3) is 0 Å². The molecule has 0 aromatic carbocycles. The summed E-state index contributed by atoms with van der Waals surface area (Å²) in [7, 11) is 0. The molecule has 1 unspecified atom stereocenters. The third kappa shape index (κ3) is 4.84. The van der Waals surface area contributed by atoms with E-state index >= 15 is 0 Å². The number of amides is 1. The fourth-order valence-corrected chi connectivity index (χ4v) is 2.16. The Balaban J connectivity index is 0.00000256. The normalized spacial score (nSPS) is 23.4. The molecular formula is C13H27ClN2O. The molecule has 0 aliphatic carbocycles. The molecule has 1 amide bonds. The lowest BCUT2D eigenvalue weighted by atomic mass is 9.79. The number of piperidine rings is 1. The molecule has 1 heterocycles. The highest BCUT2D eigenvalue weighted by Gasteiger charge is 2.34. The van der Waals surface area contributed by atoms with Crippen LogP contribution in [0.5, 0.6) is 0 Å². The topological polar surface area (TPSA) is 46.3 Å². The van der Waals surface area contributed by atoms with E-state index in [0.717, 1.165) is 25.9 Å². The number of nitrogens with zero attached hydrogens (tertiary/aromatic N) is 1. The molecule has 3 nitrogen and oxygen atoms in total. The van der Waals surface area contributed by atoms with Gasteiger partial charge < -0.3 is 10.6 Å². The summed E-state index contributed by atoms with van der Waals surface area (Å²) in [4.78, 5) is 14.0. The maximum absolute atomic E-state index is 12.0. The van der Waals surface area contributed by atoms with Crippen LogP contribution in [0.15, 0.2) is 0 Å². The molecule has 1 aliphatic heterocycles. The van der Waals surface area contributed by atoms with Crippen LogP contribution >= 0.6 is 12.4 Å². The second kappa shape index (κ2) is 6.60. The molecule has 4 heteroatoms. The highest BCUT2D eigenvalue weighted by atomic mass is 35.5. The van der Waals surface area contributed by atoms with Gasteiger partial charge in [-0.3, -0.25) is 4.79 Å². The van der Waals surface area contributed by atoms with Gasteiger partial charge in [-0.2, -0.15) is 0 Å². The molecular weight excluding hydrogens is 236 g/mol. The highest BCUT2D eigenvalue weighted by Crippen LogP contribution is 2.28. The SMILES string of the molecule is CC(C)CCC(=O)N1CCC(N)C(C)(C)C1.Cl. The Hall–Kier alpha value is -0.280. The summed E-state index contributed by atoms with van der Waals surface area (Å²) in [5, 5.41) is 0. The van der Waals surface area contributed by atoms with Gasteiger partial charge in [0.05, 0.1) is 0 Å². The number of rotatable bonds is 3. The molecule has 0 aromatic rings. The van der Waals surface area contributed by atoms with Gasteiger partial charge in [-0.1, -0.05) is 27.7 Å². The van der Waals surface area contributed by atoms with Gasteiger partial charge >= 0.3 is 0 Å². The number of hydrogen-bond acceptors (Lipinski definition) is 2. The van der Waals surface area contributed by atoms with Crippen molar-refractivity contribution in [3.63, 3.8) is 0 Å². The van der Waals surface area contributed by atoms with Crippen molar-refractivity contribution in [1.82, 2.24) is 4.90 Å². The largest absolute Gasteiger partial charge is 0.342 e.